The van der Waals surface area contributed by atoms with Crippen molar-refractivity contribution >= 4 is 15.9 Å². The van der Waals surface area contributed by atoms with Crippen LogP contribution < -0.4 is 5.73 Å². The zero-order valence-corrected chi connectivity index (χ0v) is 9.94. The molecule has 0 radical (unpaired) electrons. The maximum absolute atomic E-state index is 13.7. The van der Waals surface area contributed by atoms with Crippen molar-refractivity contribution in [1.82, 2.24) is 0 Å². The minimum atomic E-state index is -0.573. The molecule has 2 N–H and O–H groups in total. The predicted octanol–water partition coefficient (Wildman–Crippen LogP) is 3.53. The first-order valence-corrected chi connectivity index (χ1v) is 5.64. The molecule has 1 nitrogen and oxygen atoms in total. The quantitative estimate of drug-likeness (QED) is 0.822. The fourth-order valence-electron chi connectivity index (χ4n) is 1.68. The molecule has 1 aromatic rings. The van der Waals surface area contributed by atoms with Gasteiger partial charge in [-0.05, 0) is 46.3 Å². The van der Waals surface area contributed by atoms with Crippen molar-refractivity contribution in [1.29, 1.82) is 0 Å². The van der Waals surface area contributed by atoms with Gasteiger partial charge in [0.05, 0.1) is 4.47 Å². The lowest BCUT2D eigenvalue weighted by Crippen LogP contribution is -2.23. The summed E-state index contributed by atoms with van der Waals surface area (Å²) in [6.45, 7) is 1.96. The van der Waals surface area contributed by atoms with Crippen LogP contribution in [-0.4, -0.2) is 0 Å². The van der Waals surface area contributed by atoms with E-state index in [9.17, 15) is 8.78 Å². The molecule has 1 aromatic carbocycles. The number of halogens is 3. The molecule has 1 unspecified atom stereocenters. The van der Waals surface area contributed by atoms with Crippen LogP contribution in [0, 0.1) is 17.0 Å². The highest BCUT2D eigenvalue weighted by Gasteiger charge is 2.45. The largest absolute Gasteiger partial charge is 0.323 e. The Morgan fingerprint density at radius 3 is 2.53 bits per heavy atom. The maximum atomic E-state index is 13.7. The molecular formula is C11H12BrF2N. The van der Waals surface area contributed by atoms with Crippen LogP contribution in [0.1, 0.15) is 31.4 Å². The Bertz CT molecular complexity index is 402. The minimum absolute atomic E-state index is 0.00405. The zero-order chi connectivity index (χ0) is 11.2. The second kappa shape index (κ2) is 3.52. The topological polar surface area (TPSA) is 26.0 Å². The summed E-state index contributed by atoms with van der Waals surface area (Å²) in [4.78, 5) is 0. The van der Waals surface area contributed by atoms with Crippen molar-refractivity contribution in [3.05, 3.63) is 33.8 Å². The lowest BCUT2D eigenvalue weighted by atomic mass is 9.92. The molecule has 1 atom stereocenters. The van der Waals surface area contributed by atoms with Gasteiger partial charge in [-0.15, -0.1) is 0 Å². The van der Waals surface area contributed by atoms with E-state index in [0.29, 0.717) is 0 Å². The van der Waals surface area contributed by atoms with Crippen LogP contribution in [0.4, 0.5) is 8.78 Å². The average molecular weight is 276 g/mol. The highest BCUT2D eigenvalue weighted by molar-refractivity contribution is 9.10. The molecule has 0 spiro atoms. The highest BCUT2D eigenvalue weighted by Crippen LogP contribution is 2.54. The van der Waals surface area contributed by atoms with Gasteiger partial charge in [0.2, 0.25) is 0 Å². The molecule has 1 fully saturated rings. The number of benzene rings is 1. The Hall–Kier alpha value is -0.480. The molecule has 4 heteroatoms. The third kappa shape index (κ3) is 1.81. The summed E-state index contributed by atoms with van der Waals surface area (Å²) in [5.74, 6) is -1.13. The van der Waals surface area contributed by atoms with Crippen molar-refractivity contribution < 1.29 is 8.78 Å². The SMILES string of the molecule is CC1(C(N)c2c(F)ccc(Br)c2F)CC1. The molecule has 1 aliphatic rings. The summed E-state index contributed by atoms with van der Waals surface area (Å²) >= 11 is 3.04. The van der Waals surface area contributed by atoms with Crippen LogP contribution in [0.3, 0.4) is 0 Å². The summed E-state index contributed by atoms with van der Waals surface area (Å²) in [7, 11) is 0. The third-order valence-corrected chi connectivity index (χ3v) is 3.79. The molecule has 15 heavy (non-hydrogen) atoms. The Balaban J connectivity index is 2.47. The van der Waals surface area contributed by atoms with Gasteiger partial charge in [0, 0.05) is 11.6 Å². The lowest BCUT2D eigenvalue weighted by Gasteiger charge is -2.20. The molecule has 2 rings (SSSR count). The maximum Gasteiger partial charge on any atom is 0.145 e. The second-order valence-electron chi connectivity index (χ2n) is 4.39. The van der Waals surface area contributed by atoms with Crippen LogP contribution in [-0.2, 0) is 0 Å². The van der Waals surface area contributed by atoms with E-state index in [2.05, 4.69) is 15.9 Å². The van der Waals surface area contributed by atoms with Crippen LogP contribution >= 0.6 is 15.9 Å². The smallest absolute Gasteiger partial charge is 0.145 e. The Labute approximate surface area is 95.8 Å². The van der Waals surface area contributed by atoms with E-state index < -0.39 is 17.7 Å². The number of nitrogens with two attached hydrogens (primary N) is 1. The molecule has 0 amide bonds. The standard InChI is InChI=1S/C11H12BrF2N/c1-11(4-5-11)10(15)8-7(13)3-2-6(12)9(8)14/h2-3,10H,4-5,15H2,1H3. The van der Waals surface area contributed by atoms with Crippen LogP contribution in [0.25, 0.3) is 0 Å². The Morgan fingerprint density at radius 1 is 1.40 bits per heavy atom. The number of hydrogen-bond acceptors (Lipinski definition) is 1. The second-order valence-corrected chi connectivity index (χ2v) is 5.24. The van der Waals surface area contributed by atoms with Gasteiger partial charge in [-0.2, -0.15) is 0 Å². The number of hydrogen-bond donors (Lipinski definition) is 1. The van der Waals surface area contributed by atoms with Gasteiger partial charge < -0.3 is 5.73 Å². The first-order valence-electron chi connectivity index (χ1n) is 4.85. The van der Waals surface area contributed by atoms with E-state index in [1.54, 1.807) is 0 Å². The van der Waals surface area contributed by atoms with Crippen LogP contribution in [0.15, 0.2) is 16.6 Å². The Morgan fingerprint density at radius 2 is 2.00 bits per heavy atom. The van der Waals surface area contributed by atoms with Crippen molar-refractivity contribution in [2.24, 2.45) is 11.1 Å². The first-order chi connectivity index (χ1) is 6.96. The van der Waals surface area contributed by atoms with Gasteiger partial charge in [-0.1, -0.05) is 6.92 Å². The van der Waals surface area contributed by atoms with E-state index in [0.717, 1.165) is 12.8 Å². The van der Waals surface area contributed by atoms with Crippen LogP contribution in [0.5, 0.6) is 0 Å². The number of rotatable bonds is 2. The molecule has 0 aliphatic heterocycles. The summed E-state index contributed by atoms with van der Waals surface area (Å²) in [6, 6.07) is 2.04. The normalized spacial score (nSPS) is 20.1. The van der Waals surface area contributed by atoms with Gasteiger partial charge in [0.1, 0.15) is 11.6 Å². The molecule has 0 aromatic heterocycles. The van der Waals surface area contributed by atoms with Crippen molar-refractivity contribution in [2.45, 2.75) is 25.8 Å². The van der Waals surface area contributed by atoms with E-state index in [-0.39, 0.29) is 15.5 Å². The lowest BCUT2D eigenvalue weighted by molar-refractivity contribution is 0.411. The van der Waals surface area contributed by atoms with E-state index in [1.807, 2.05) is 6.92 Å². The van der Waals surface area contributed by atoms with Crippen molar-refractivity contribution in [2.75, 3.05) is 0 Å². The first kappa shape index (κ1) is 11.0. The summed E-state index contributed by atoms with van der Waals surface area (Å²) in [5, 5.41) is 0. The van der Waals surface area contributed by atoms with Crippen molar-refractivity contribution in [3.8, 4) is 0 Å². The fourth-order valence-corrected chi connectivity index (χ4v) is 2.03. The summed E-state index contributed by atoms with van der Waals surface area (Å²) in [6.07, 6.45) is 1.86. The van der Waals surface area contributed by atoms with E-state index >= 15 is 0 Å². The van der Waals surface area contributed by atoms with Gasteiger partial charge in [0.25, 0.3) is 0 Å². The highest BCUT2D eigenvalue weighted by atomic mass is 79.9. The zero-order valence-electron chi connectivity index (χ0n) is 8.36. The van der Waals surface area contributed by atoms with Crippen LogP contribution in [0.2, 0.25) is 0 Å². The van der Waals surface area contributed by atoms with Gasteiger partial charge in [0.15, 0.2) is 0 Å². The van der Waals surface area contributed by atoms with E-state index in [4.69, 9.17) is 5.73 Å². The summed E-state index contributed by atoms with van der Waals surface area (Å²) < 4.78 is 27.5. The monoisotopic (exact) mass is 275 g/mol. The van der Waals surface area contributed by atoms with Gasteiger partial charge in [-0.25, -0.2) is 8.78 Å². The molecule has 0 saturated heterocycles. The summed E-state index contributed by atoms with van der Waals surface area (Å²) in [5.41, 5.74) is 5.77. The molecule has 1 aliphatic carbocycles. The molecule has 1 saturated carbocycles. The average Bonchev–Trinajstić information content (AvgIpc) is 2.92. The van der Waals surface area contributed by atoms with E-state index in [1.165, 1.54) is 12.1 Å². The molecule has 82 valence electrons. The third-order valence-electron chi connectivity index (χ3n) is 3.18. The van der Waals surface area contributed by atoms with Crippen molar-refractivity contribution in [3.63, 3.8) is 0 Å². The van der Waals surface area contributed by atoms with Gasteiger partial charge >= 0.3 is 0 Å². The molecule has 0 heterocycles. The van der Waals surface area contributed by atoms with Gasteiger partial charge in [-0.3, -0.25) is 0 Å². The predicted molar refractivity (Wildman–Crippen MR) is 58.3 cm³/mol. The fraction of sp³-hybridized carbons (Fsp3) is 0.455. The minimum Gasteiger partial charge on any atom is -0.323 e. The molecular weight excluding hydrogens is 264 g/mol. The Kier molecular flexibility index (Phi) is 2.59. The molecule has 0 bridgehead atoms.